The van der Waals surface area contributed by atoms with Crippen LogP contribution in [0.1, 0.15) is 45.1 Å². The Balaban J connectivity index is 2.80. The van der Waals surface area contributed by atoms with Gasteiger partial charge in [0, 0.05) is 6.04 Å². The van der Waals surface area contributed by atoms with E-state index in [0.29, 0.717) is 23.9 Å². The van der Waals surface area contributed by atoms with E-state index in [0.717, 1.165) is 18.4 Å². The molecule has 0 aliphatic carbocycles. The van der Waals surface area contributed by atoms with Crippen molar-refractivity contribution in [3.8, 4) is 17.2 Å². The second kappa shape index (κ2) is 9.50. The standard InChI is InChI=1S/C17H29NO3/c1-5-6-7-8-9-21-17-15(19-3)11-14(10-13(2)18)12-16(17)20-4/h11-13H,5-10,18H2,1-4H3. The van der Waals surface area contributed by atoms with Crippen LogP contribution in [0.2, 0.25) is 0 Å². The van der Waals surface area contributed by atoms with Gasteiger partial charge < -0.3 is 19.9 Å². The fraction of sp³-hybridized carbons (Fsp3) is 0.647. The van der Waals surface area contributed by atoms with Crippen molar-refractivity contribution >= 4 is 0 Å². The molecule has 0 saturated heterocycles. The van der Waals surface area contributed by atoms with Crippen molar-refractivity contribution < 1.29 is 14.2 Å². The van der Waals surface area contributed by atoms with Crippen molar-refractivity contribution in [2.45, 2.75) is 52.0 Å². The molecular formula is C17H29NO3. The maximum absolute atomic E-state index is 5.88. The molecule has 1 aromatic rings. The fourth-order valence-electron chi connectivity index (χ4n) is 2.27. The van der Waals surface area contributed by atoms with E-state index in [1.807, 2.05) is 19.1 Å². The lowest BCUT2D eigenvalue weighted by Crippen LogP contribution is -2.17. The molecule has 0 fully saturated rings. The third-order valence-electron chi connectivity index (χ3n) is 3.32. The number of ether oxygens (including phenoxy) is 3. The van der Waals surface area contributed by atoms with E-state index in [-0.39, 0.29) is 6.04 Å². The summed E-state index contributed by atoms with van der Waals surface area (Å²) in [7, 11) is 3.29. The molecule has 0 spiro atoms. The molecule has 0 bridgehead atoms. The summed E-state index contributed by atoms with van der Waals surface area (Å²) in [5.74, 6) is 2.10. The Bertz CT molecular complexity index is 393. The van der Waals surface area contributed by atoms with Gasteiger partial charge in [0.1, 0.15) is 0 Å². The third kappa shape index (κ3) is 5.84. The molecular weight excluding hydrogens is 266 g/mol. The van der Waals surface area contributed by atoms with Crippen LogP contribution in [0, 0.1) is 0 Å². The van der Waals surface area contributed by atoms with Gasteiger partial charge >= 0.3 is 0 Å². The topological polar surface area (TPSA) is 53.7 Å². The third-order valence-corrected chi connectivity index (χ3v) is 3.32. The molecule has 1 aromatic carbocycles. The van der Waals surface area contributed by atoms with Gasteiger partial charge in [-0.15, -0.1) is 0 Å². The molecule has 0 aliphatic heterocycles. The lowest BCUT2D eigenvalue weighted by molar-refractivity contribution is 0.267. The van der Waals surface area contributed by atoms with Crippen LogP contribution < -0.4 is 19.9 Å². The highest BCUT2D eigenvalue weighted by Gasteiger charge is 2.14. The second-order valence-corrected chi connectivity index (χ2v) is 5.42. The molecule has 120 valence electrons. The smallest absolute Gasteiger partial charge is 0.203 e. The molecule has 2 N–H and O–H groups in total. The second-order valence-electron chi connectivity index (χ2n) is 5.42. The first-order valence-corrected chi connectivity index (χ1v) is 7.75. The lowest BCUT2D eigenvalue weighted by Gasteiger charge is -2.17. The number of rotatable bonds is 10. The average Bonchev–Trinajstić information content (AvgIpc) is 2.46. The van der Waals surface area contributed by atoms with Crippen molar-refractivity contribution in [1.82, 2.24) is 0 Å². The number of nitrogens with two attached hydrogens (primary N) is 1. The Kier molecular flexibility index (Phi) is 7.98. The molecule has 1 rings (SSSR count). The van der Waals surface area contributed by atoms with Crippen molar-refractivity contribution in [3.05, 3.63) is 17.7 Å². The Morgan fingerprint density at radius 2 is 1.67 bits per heavy atom. The van der Waals surface area contributed by atoms with Gasteiger partial charge in [-0.3, -0.25) is 0 Å². The van der Waals surface area contributed by atoms with Crippen LogP contribution in [0.4, 0.5) is 0 Å². The van der Waals surface area contributed by atoms with Crippen LogP contribution in [0.15, 0.2) is 12.1 Å². The maximum Gasteiger partial charge on any atom is 0.203 e. The van der Waals surface area contributed by atoms with Crippen LogP contribution in [0.3, 0.4) is 0 Å². The summed E-state index contributed by atoms with van der Waals surface area (Å²) in [5, 5.41) is 0. The predicted molar refractivity (Wildman–Crippen MR) is 86.5 cm³/mol. The first-order chi connectivity index (χ1) is 10.1. The van der Waals surface area contributed by atoms with Gasteiger partial charge in [0.25, 0.3) is 0 Å². The van der Waals surface area contributed by atoms with Crippen molar-refractivity contribution in [2.24, 2.45) is 5.73 Å². The van der Waals surface area contributed by atoms with Crippen LogP contribution in [0.5, 0.6) is 17.2 Å². The van der Waals surface area contributed by atoms with Gasteiger partial charge in [0.05, 0.1) is 20.8 Å². The number of hydrogen-bond acceptors (Lipinski definition) is 4. The number of unbranched alkanes of at least 4 members (excludes halogenated alkanes) is 3. The van der Waals surface area contributed by atoms with Crippen LogP contribution in [-0.2, 0) is 6.42 Å². The summed E-state index contributed by atoms with van der Waals surface area (Å²) >= 11 is 0. The van der Waals surface area contributed by atoms with E-state index >= 15 is 0 Å². The van der Waals surface area contributed by atoms with Crippen LogP contribution >= 0.6 is 0 Å². The van der Waals surface area contributed by atoms with Crippen molar-refractivity contribution in [2.75, 3.05) is 20.8 Å². The molecule has 0 aliphatic rings. The van der Waals surface area contributed by atoms with Crippen LogP contribution in [0.25, 0.3) is 0 Å². The lowest BCUT2D eigenvalue weighted by atomic mass is 10.1. The van der Waals surface area contributed by atoms with Gasteiger partial charge in [-0.05, 0) is 37.5 Å². The minimum absolute atomic E-state index is 0.0974. The summed E-state index contributed by atoms with van der Waals surface area (Å²) in [6.07, 6.45) is 5.47. The van der Waals surface area contributed by atoms with Gasteiger partial charge in [-0.2, -0.15) is 0 Å². The maximum atomic E-state index is 5.88. The molecule has 4 heteroatoms. The quantitative estimate of drug-likeness (QED) is 0.671. The Labute approximate surface area is 128 Å². The highest BCUT2D eigenvalue weighted by Crippen LogP contribution is 2.39. The summed E-state index contributed by atoms with van der Waals surface area (Å²) < 4.78 is 16.8. The van der Waals surface area contributed by atoms with E-state index in [2.05, 4.69) is 6.92 Å². The Hall–Kier alpha value is -1.42. The number of benzene rings is 1. The minimum Gasteiger partial charge on any atom is -0.493 e. The molecule has 0 radical (unpaired) electrons. The highest BCUT2D eigenvalue weighted by molar-refractivity contribution is 5.54. The molecule has 1 atom stereocenters. The van der Waals surface area contributed by atoms with E-state index in [4.69, 9.17) is 19.9 Å². The van der Waals surface area contributed by atoms with Gasteiger partial charge in [0.2, 0.25) is 5.75 Å². The van der Waals surface area contributed by atoms with E-state index < -0.39 is 0 Å². The fourth-order valence-corrected chi connectivity index (χ4v) is 2.27. The monoisotopic (exact) mass is 295 g/mol. The van der Waals surface area contributed by atoms with E-state index in [1.165, 1.54) is 19.3 Å². The summed E-state index contributed by atoms with van der Waals surface area (Å²) in [5.41, 5.74) is 6.95. The van der Waals surface area contributed by atoms with E-state index in [1.54, 1.807) is 14.2 Å². The van der Waals surface area contributed by atoms with Crippen LogP contribution in [-0.4, -0.2) is 26.9 Å². The zero-order valence-corrected chi connectivity index (χ0v) is 13.8. The summed E-state index contributed by atoms with van der Waals surface area (Å²) in [4.78, 5) is 0. The minimum atomic E-state index is 0.0974. The first kappa shape index (κ1) is 17.6. The van der Waals surface area contributed by atoms with Gasteiger partial charge in [-0.25, -0.2) is 0 Å². The highest BCUT2D eigenvalue weighted by atomic mass is 16.5. The molecule has 0 amide bonds. The molecule has 0 aromatic heterocycles. The molecule has 0 saturated carbocycles. The zero-order chi connectivity index (χ0) is 15.7. The predicted octanol–water partition coefficient (Wildman–Crippen LogP) is 3.55. The summed E-state index contributed by atoms with van der Waals surface area (Å²) in [6.45, 7) is 4.86. The van der Waals surface area contributed by atoms with Gasteiger partial charge in [-0.1, -0.05) is 26.2 Å². The first-order valence-electron chi connectivity index (χ1n) is 7.75. The van der Waals surface area contributed by atoms with E-state index in [9.17, 15) is 0 Å². The molecule has 4 nitrogen and oxygen atoms in total. The molecule has 0 heterocycles. The SMILES string of the molecule is CCCCCCOc1c(OC)cc(CC(C)N)cc1OC. The average molecular weight is 295 g/mol. The normalized spacial score (nSPS) is 12.0. The van der Waals surface area contributed by atoms with Crippen molar-refractivity contribution in [1.29, 1.82) is 0 Å². The molecule has 21 heavy (non-hydrogen) atoms. The van der Waals surface area contributed by atoms with Gasteiger partial charge in [0.15, 0.2) is 11.5 Å². The zero-order valence-electron chi connectivity index (χ0n) is 13.8. The number of hydrogen-bond donors (Lipinski definition) is 1. The Morgan fingerprint density at radius 1 is 1.05 bits per heavy atom. The number of methoxy groups -OCH3 is 2. The van der Waals surface area contributed by atoms with Crippen molar-refractivity contribution in [3.63, 3.8) is 0 Å². The molecule has 1 unspecified atom stereocenters. The largest absolute Gasteiger partial charge is 0.493 e. The Morgan fingerprint density at radius 3 is 2.14 bits per heavy atom. The summed E-state index contributed by atoms with van der Waals surface area (Å²) in [6, 6.07) is 4.06.